The molecule has 0 spiro atoms. The van der Waals surface area contributed by atoms with E-state index < -0.39 is 9.49 Å². The number of fused-ring (bicyclic) bond motifs is 1. The van der Waals surface area contributed by atoms with Crippen LogP contribution < -0.4 is 10.6 Å². The van der Waals surface area contributed by atoms with E-state index in [4.69, 9.17) is 0 Å². The normalized spacial score (nSPS) is 21.4. The van der Waals surface area contributed by atoms with Gasteiger partial charge in [0, 0.05) is 0 Å². The lowest BCUT2D eigenvalue weighted by molar-refractivity contribution is -0.118. The maximum atomic E-state index is 12.4. The monoisotopic (exact) mass is 310 g/mol. The molecule has 1 aliphatic rings. The van der Waals surface area contributed by atoms with Crippen molar-refractivity contribution in [3.63, 3.8) is 0 Å². The second-order valence-electron chi connectivity index (χ2n) is 5.64. The molecule has 0 fully saturated rings. The third kappa shape index (κ3) is 3.12. The smallest absolute Gasteiger partial charge is 0.240 e. The van der Waals surface area contributed by atoms with E-state index in [0.717, 1.165) is 0 Å². The first-order chi connectivity index (χ1) is 9.22. The van der Waals surface area contributed by atoms with Crippen LogP contribution in [0, 0.1) is 0 Å². The summed E-state index contributed by atoms with van der Waals surface area (Å²) in [7, 11) is 2.83. The third-order valence-corrected chi connectivity index (χ3v) is 7.01. The number of carbonyl (C=O) groups is 2. The molecule has 1 aromatic rings. The van der Waals surface area contributed by atoms with E-state index >= 15 is 0 Å². The Morgan fingerprint density at radius 3 is 1.50 bits per heavy atom. The molecule has 0 aliphatic carbocycles. The predicted octanol–water partition coefficient (Wildman–Crippen LogP) is 3.52. The van der Waals surface area contributed by atoms with E-state index in [9.17, 15) is 9.59 Å². The van der Waals surface area contributed by atoms with Gasteiger partial charge >= 0.3 is 0 Å². The predicted molar refractivity (Wildman–Crippen MR) is 87.0 cm³/mol. The number of para-hydroxylation sites is 2. The molecular weight excluding hydrogens is 292 g/mol. The molecule has 2 N–H and O–H groups in total. The maximum Gasteiger partial charge on any atom is 0.240 e. The Bertz CT molecular complexity index is 507. The van der Waals surface area contributed by atoms with Crippen LogP contribution in [-0.4, -0.2) is 21.3 Å². The van der Waals surface area contributed by atoms with E-state index in [0.29, 0.717) is 11.4 Å². The fourth-order valence-electron chi connectivity index (χ4n) is 1.53. The zero-order valence-corrected chi connectivity index (χ0v) is 13.6. The fraction of sp³-hybridized carbons (Fsp3) is 0.429. The molecule has 1 heterocycles. The summed E-state index contributed by atoms with van der Waals surface area (Å²) >= 11 is 0. The summed E-state index contributed by atoms with van der Waals surface area (Å²) in [5.41, 5.74) is 1.25. The van der Waals surface area contributed by atoms with Crippen LogP contribution in [0.15, 0.2) is 24.3 Å². The van der Waals surface area contributed by atoms with Gasteiger partial charge < -0.3 is 10.6 Å². The number of nitrogens with one attached hydrogen (secondary N) is 2. The molecular formula is C14H18N2O2S2. The van der Waals surface area contributed by atoms with Crippen molar-refractivity contribution in [2.45, 2.75) is 37.2 Å². The second-order valence-corrected chi connectivity index (χ2v) is 9.02. The first-order valence-electron chi connectivity index (χ1n) is 6.31. The lowest BCUT2D eigenvalue weighted by Gasteiger charge is -2.30. The van der Waals surface area contributed by atoms with Gasteiger partial charge in [0.1, 0.15) is 0 Å². The summed E-state index contributed by atoms with van der Waals surface area (Å²) < 4.78 is -1.24. The molecule has 2 rings (SSSR count). The van der Waals surface area contributed by atoms with Crippen LogP contribution in [0.5, 0.6) is 0 Å². The highest BCUT2D eigenvalue weighted by Gasteiger charge is 2.37. The highest BCUT2D eigenvalue weighted by Crippen LogP contribution is 2.45. The molecule has 0 bridgehead atoms. The van der Waals surface area contributed by atoms with Crippen LogP contribution in [0.4, 0.5) is 11.4 Å². The van der Waals surface area contributed by atoms with Crippen molar-refractivity contribution < 1.29 is 9.59 Å². The number of hydrogen-bond acceptors (Lipinski definition) is 4. The van der Waals surface area contributed by atoms with Crippen molar-refractivity contribution in [2.24, 2.45) is 0 Å². The van der Waals surface area contributed by atoms with Crippen molar-refractivity contribution in [3.05, 3.63) is 24.3 Å². The van der Waals surface area contributed by atoms with Crippen molar-refractivity contribution in [3.8, 4) is 0 Å². The van der Waals surface area contributed by atoms with Gasteiger partial charge in [-0.15, -0.1) is 0 Å². The van der Waals surface area contributed by atoms with Crippen LogP contribution in [0.1, 0.15) is 27.7 Å². The number of benzene rings is 1. The van der Waals surface area contributed by atoms with Crippen molar-refractivity contribution in [1.82, 2.24) is 0 Å². The van der Waals surface area contributed by atoms with Crippen molar-refractivity contribution >= 4 is 44.8 Å². The summed E-state index contributed by atoms with van der Waals surface area (Å²) in [6, 6.07) is 7.24. The fourth-order valence-corrected chi connectivity index (χ4v) is 3.91. The minimum absolute atomic E-state index is 0.0746. The van der Waals surface area contributed by atoms with E-state index in [2.05, 4.69) is 10.6 Å². The molecule has 2 amide bonds. The Morgan fingerprint density at radius 2 is 1.15 bits per heavy atom. The molecule has 0 atom stereocenters. The van der Waals surface area contributed by atoms with Gasteiger partial charge in [0.05, 0.1) is 20.9 Å². The van der Waals surface area contributed by atoms with Gasteiger partial charge in [0.15, 0.2) is 0 Å². The Hall–Kier alpha value is -1.14. The molecule has 1 aromatic carbocycles. The van der Waals surface area contributed by atoms with Gasteiger partial charge in [-0.05, 0) is 39.8 Å². The van der Waals surface area contributed by atoms with Gasteiger partial charge in [0.2, 0.25) is 11.8 Å². The molecule has 108 valence electrons. The molecule has 0 radical (unpaired) electrons. The highest BCUT2D eigenvalue weighted by atomic mass is 33.1. The zero-order chi connectivity index (χ0) is 15.0. The standard InChI is InChI=1S/C14H18N2O2S2/c1-13(2)11(17)15-9-7-5-6-8-10(9)16-12(18)14(3,4)20-19-13/h5-8H,1-4H3,(H,15,17)(H,16,18). The molecule has 1 aliphatic heterocycles. The van der Waals surface area contributed by atoms with Crippen LogP contribution in [-0.2, 0) is 9.59 Å². The topological polar surface area (TPSA) is 58.2 Å². The number of rotatable bonds is 0. The SMILES string of the molecule is CC1(C)SSC(C)(C)C(=O)Nc2ccccc2NC1=O. The molecule has 0 aromatic heterocycles. The van der Waals surface area contributed by atoms with E-state index in [-0.39, 0.29) is 11.8 Å². The number of hydrogen-bond donors (Lipinski definition) is 2. The Morgan fingerprint density at radius 1 is 0.800 bits per heavy atom. The van der Waals surface area contributed by atoms with Gasteiger partial charge in [0.25, 0.3) is 0 Å². The van der Waals surface area contributed by atoms with E-state index in [1.807, 2.05) is 39.8 Å². The summed E-state index contributed by atoms with van der Waals surface area (Å²) in [4.78, 5) is 24.7. The molecule has 0 saturated carbocycles. The summed E-state index contributed by atoms with van der Waals surface area (Å²) in [6.07, 6.45) is 0. The Kier molecular flexibility index (Phi) is 4.07. The lowest BCUT2D eigenvalue weighted by Crippen LogP contribution is -2.39. The van der Waals surface area contributed by atoms with Gasteiger partial charge in [-0.3, -0.25) is 9.59 Å². The minimum atomic E-state index is -0.618. The average Bonchev–Trinajstić information content (AvgIpc) is 2.38. The Labute approximate surface area is 126 Å². The van der Waals surface area contributed by atoms with Gasteiger partial charge in [-0.2, -0.15) is 0 Å². The second kappa shape index (κ2) is 5.33. The largest absolute Gasteiger partial charge is 0.323 e. The lowest BCUT2D eigenvalue weighted by atomic mass is 10.1. The van der Waals surface area contributed by atoms with Crippen LogP contribution in [0.3, 0.4) is 0 Å². The first kappa shape index (κ1) is 15.3. The summed E-state index contributed by atoms with van der Waals surface area (Å²) in [6.45, 7) is 7.44. The van der Waals surface area contributed by atoms with Crippen molar-refractivity contribution in [2.75, 3.05) is 10.6 Å². The summed E-state index contributed by atoms with van der Waals surface area (Å²) in [5, 5.41) is 5.76. The van der Waals surface area contributed by atoms with Gasteiger partial charge in [-0.25, -0.2) is 0 Å². The van der Waals surface area contributed by atoms with Gasteiger partial charge in [-0.1, -0.05) is 33.7 Å². The quantitative estimate of drug-likeness (QED) is 0.720. The molecule has 0 saturated heterocycles. The maximum absolute atomic E-state index is 12.4. The number of carbonyl (C=O) groups excluding carboxylic acids is 2. The third-order valence-electron chi connectivity index (χ3n) is 2.98. The summed E-state index contributed by atoms with van der Waals surface area (Å²) in [5.74, 6) is -0.149. The molecule has 20 heavy (non-hydrogen) atoms. The first-order valence-corrected chi connectivity index (χ1v) is 8.46. The zero-order valence-electron chi connectivity index (χ0n) is 11.9. The van der Waals surface area contributed by atoms with Crippen LogP contribution in [0.2, 0.25) is 0 Å². The number of anilines is 2. The minimum Gasteiger partial charge on any atom is -0.323 e. The number of amides is 2. The average molecular weight is 310 g/mol. The van der Waals surface area contributed by atoms with Crippen molar-refractivity contribution in [1.29, 1.82) is 0 Å². The van der Waals surface area contributed by atoms with E-state index in [1.54, 1.807) is 12.1 Å². The highest BCUT2D eigenvalue weighted by molar-refractivity contribution is 8.78. The Balaban J connectivity index is 2.45. The van der Waals surface area contributed by atoms with Crippen LogP contribution in [0.25, 0.3) is 0 Å². The van der Waals surface area contributed by atoms with Crippen LogP contribution >= 0.6 is 21.6 Å². The molecule has 6 heteroatoms. The molecule has 0 unspecified atom stereocenters. The van der Waals surface area contributed by atoms with E-state index in [1.165, 1.54) is 21.6 Å². The molecule has 4 nitrogen and oxygen atoms in total.